The van der Waals surface area contributed by atoms with Crippen molar-refractivity contribution < 1.29 is 8.42 Å². The van der Waals surface area contributed by atoms with Crippen molar-refractivity contribution in [1.29, 1.82) is 0 Å². The van der Waals surface area contributed by atoms with Gasteiger partial charge in [0.2, 0.25) is 0 Å². The summed E-state index contributed by atoms with van der Waals surface area (Å²) in [7, 11) is -2.94. The normalized spacial score (nSPS) is 14.3. The Morgan fingerprint density at radius 1 is 1.50 bits per heavy atom. The molecule has 0 aliphatic rings. The first-order valence-electron chi connectivity index (χ1n) is 5.18. The molecule has 2 N–H and O–H groups in total. The van der Waals surface area contributed by atoms with Gasteiger partial charge in [-0.15, -0.1) is 11.3 Å². The number of nitrogens with zero attached hydrogens (tertiary/aromatic N) is 1. The first kappa shape index (κ1) is 13.6. The van der Waals surface area contributed by atoms with Gasteiger partial charge in [-0.3, -0.25) is 0 Å². The van der Waals surface area contributed by atoms with E-state index >= 15 is 0 Å². The van der Waals surface area contributed by atoms with E-state index in [1.165, 1.54) is 6.26 Å². The molecule has 1 atom stereocenters. The molecule has 0 fully saturated rings. The smallest absolute Gasteiger partial charge is 0.147 e. The highest BCUT2D eigenvalue weighted by Crippen LogP contribution is 2.23. The fourth-order valence-electron chi connectivity index (χ4n) is 1.23. The maximum atomic E-state index is 11.0. The van der Waals surface area contributed by atoms with Crippen molar-refractivity contribution in [2.45, 2.75) is 32.2 Å². The Kier molecular flexibility index (Phi) is 4.46. The van der Waals surface area contributed by atoms with E-state index in [2.05, 4.69) is 18.8 Å². The summed E-state index contributed by atoms with van der Waals surface area (Å²) in [5.74, 6) is 0.503. The Morgan fingerprint density at radius 2 is 2.12 bits per heavy atom. The highest BCUT2D eigenvalue weighted by Gasteiger charge is 2.14. The third kappa shape index (κ3) is 4.19. The largest absolute Gasteiger partial charge is 0.323 e. The maximum Gasteiger partial charge on any atom is 0.147 e. The summed E-state index contributed by atoms with van der Waals surface area (Å²) in [6.45, 7) is 4.15. The minimum atomic E-state index is -2.94. The number of aromatic nitrogens is 1. The summed E-state index contributed by atoms with van der Waals surface area (Å²) >= 11 is 1.58. The van der Waals surface area contributed by atoms with Gasteiger partial charge in [-0.2, -0.15) is 0 Å². The topological polar surface area (TPSA) is 73.0 Å². The Bertz CT molecular complexity index is 437. The molecule has 6 heteroatoms. The van der Waals surface area contributed by atoms with E-state index < -0.39 is 9.84 Å². The molecule has 1 heterocycles. The van der Waals surface area contributed by atoms with Crippen molar-refractivity contribution in [3.05, 3.63) is 16.1 Å². The van der Waals surface area contributed by atoms with E-state index in [1.54, 1.807) is 11.3 Å². The summed E-state index contributed by atoms with van der Waals surface area (Å²) in [6, 6.07) is -0.279. The molecule has 16 heavy (non-hydrogen) atoms. The summed E-state index contributed by atoms with van der Waals surface area (Å²) in [4.78, 5) is 4.41. The molecule has 0 saturated carbocycles. The lowest BCUT2D eigenvalue weighted by molar-refractivity contribution is 0.590. The number of sulfone groups is 1. The number of rotatable bonds is 5. The maximum absolute atomic E-state index is 11.0. The molecule has 0 aliphatic carbocycles. The molecule has 0 aromatic carbocycles. The van der Waals surface area contributed by atoms with E-state index in [0.717, 1.165) is 10.7 Å². The predicted molar refractivity (Wildman–Crippen MR) is 67.5 cm³/mol. The van der Waals surface area contributed by atoms with Crippen LogP contribution in [0.25, 0.3) is 0 Å². The van der Waals surface area contributed by atoms with Crippen molar-refractivity contribution >= 4 is 21.2 Å². The molecule has 0 spiro atoms. The fourth-order valence-corrected chi connectivity index (χ4v) is 2.81. The quantitative estimate of drug-likeness (QED) is 0.876. The average molecular weight is 262 g/mol. The monoisotopic (exact) mass is 262 g/mol. The van der Waals surface area contributed by atoms with Crippen LogP contribution < -0.4 is 5.73 Å². The highest BCUT2D eigenvalue weighted by molar-refractivity contribution is 7.90. The Labute approximate surface area is 101 Å². The van der Waals surface area contributed by atoms with Crippen LogP contribution in [0.2, 0.25) is 0 Å². The fraction of sp³-hybridized carbons (Fsp3) is 0.700. The predicted octanol–water partition coefficient (Wildman–Crippen LogP) is 1.70. The van der Waals surface area contributed by atoms with E-state index in [4.69, 9.17) is 5.73 Å². The lowest BCUT2D eigenvalue weighted by Gasteiger charge is -2.07. The van der Waals surface area contributed by atoms with Crippen LogP contribution in [-0.4, -0.2) is 25.4 Å². The van der Waals surface area contributed by atoms with Crippen LogP contribution in [-0.2, 0) is 9.84 Å². The van der Waals surface area contributed by atoms with E-state index in [0.29, 0.717) is 12.3 Å². The molecule has 1 aromatic rings. The Hall–Kier alpha value is -0.460. The molecule has 1 aromatic heterocycles. The second-order valence-electron chi connectivity index (χ2n) is 4.29. The second-order valence-corrected chi connectivity index (χ2v) is 7.44. The van der Waals surface area contributed by atoms with Gasteiger partial charge >= 0.3 is 0 Å². The standard InChI is InChI=1S/C10H18N2O2S2/c1-7(2)10-12-9(6-15-10)8(11)4-5-16(3,13)14/h6-8H,4-5,11H2,1-3H3. The van der Waals surface area contributed by atoms with E-state index in [9.17, 15) is 8.42 Å². The van der Waals surface area contributed by atoms with Crippen LogP contribution in [0.15, 0.2) is 5.38 Å². The minimum absolute atomic E-state index is 0.114. The molecule has 0 amide bonds. The number of nitrogens with two attached hydrogens (primary N) is 1. The molecule has 0 radical (unpaired) electrons. The first-order chi connectivity index (χ1) is 7.29. The lowest BCUT2D eigenvalue weighted by Crippen LogP contribution is -2.16. The van der Waals surface area contributed by atoms with Gasteiger partial charge in [-0.05, 0) is 6.42 Å². The van der Waals surface area contributed by atoms with E-state index in [-0.39, 0.29) is 11.8 Å². The molecule has 0 saturated heterocycles. The van der Waals surface area contributed by atoms with E-state index in [1.807, 2.05) is 5.38 Å². The van der Waals surface area contributed by atoms with Gasteiger partial charge in [-0.25, -0.2) is 13.4 Å². The van der Waals surface area contributed by atoms with Crippen molar-refractivity contribution in [3.63, 3.8) is 0 Å². The zero-order valence-corrected chi connectivity index (χ0v) is 11.4. The van der Waals surface area contributed by atoms with Gasteiger partial charge < -0.3 is 5.73 Å². The van der Waals surface area contributed by atoms with Crippen LogP contribution >= 0.6 is 11.3 Å². The SMILES string of the molecule is CC(C)c1nc(C(N)CCS(C)(=O)=O)cs1. The van der Waals surface area contributed by atoms with Crippen molar-refractivity contribution in [2.75, 3.05) is 12.0 Å². The Morgan fingerprint density at radius 3 is 2.56 bits per heavy atom. The van der Waals surface area contributed by atoms with Crippen molar-refractivity contribution in [2.24, 2.45) is 5.73 Å². The lowest BCUT2D eigenvalue weighted by atomic mass is 10.2. The highest BCUT2D eigenvalue weighted by atomic mass is 32.2. The average Bonchev–Trinajstić information content (AvgIpc) is 2.61. The van der Waals surface area contributed by atoms with Crippen LogP contribution in [0.1, 0.15) is 42.9 Å². The first-order valence-corrected chi connectivity index (χ1v) is 8.12. The second kappa shape index (κ2) is 5.25. The number of thiazole rings is 1. The van der Waals surface area contributed by atoms with Gasteiger partial charge in [-0.1, -0.05) is 13.8 Å². The van der Waals surface area contributed by atoms with Crippen LogP contribution in [0.4, 0.5) is 0 Å². The van der Waals surface area contributed by atoms with Gasteiger partial charge in [0.05, 0.1) is 16.5 Å². The third-order valence-corrected chi connectivity index (χ3v) is 4.35. The molecular weight excluding hydrogens is 244 g/mol. The van der Waals surface area contributed by atoms with Crippen molar-refractivity contribution in [3.8, 4) is 0 Å². The Balaban J connectivity index is 2.63. The molecule has 4 nitrogen and oxygen atoms in total. The zero-order chi connectivity index (χ0) is 12.3. The number of hydrogen-bond acceptors (Lipinski definition) is 5. The molecule has 1 unspecified atom stereocenters. The summed E-state index contributed by atoms with van der Waals surface area (Å²) in [6.07, 6.45) is 1.65. The van der Waals surface area contributed by atoms with Gasteiger partial charge in [0.15, 0.2) is 0 Å². The molecule has 0 aliphatic heterocycles. The summed E-state index contributed by atoms with van der Waals surface area (Å²) in [5.41, 5.74) is 6.70. The zero-order valence-electron chi connectivity index (χ0n) is 9.80. The molecule has 92 valence electrons. The third-order valence-electron chi connectivity index (χ3n) is 2.21. The van der Waals surface area contributed by atoms with Gasteiger partial charge in [0.25, 0.3) is 0 Å². The van der Waals surface area contributed by atoms with Crippen LogP contribution in [0.3, 0.4) is 0 Å². The van der Waals surface area contributed by atoms with Crippen molar-refractivity contribution in [1.82, 2.24) is 4.98 Å². The van der Waals surface area contributed by atoms with Gasteiger partial charge in [0.1, 0.15) is 9.84 Å². The van der Waals surface area contributed by atoms with Crippen LogP contribution in [0, 0.1) is 0 Å². The van der Waals surface area contributed by atoms with Crippen LogP contribution in [0.5, 0.6) is 0 Å². The molecular formula is C10H18N2O2S2. The number of hydrogen-bond donors (Lipinski definition) is 1. The van der Waals surface area contributed by atoms with Gasteiger partial charge in [0, 0.05) is 23.6 Å². The molecule has 0 bridgehead atoms. The minimum Gasteiger partial charge on any atom is -0.323 e. The summed E-state index contributed by atoms with van der Waals surface area (Å²) in [5, 5.41) is 2.97. The summed E-state index contributed by atoms with van der Waals surface area (Å²) < 4.78 is 22.0. The molecule has 1 rings (SSSR count).